The van der Waals surface area contributed by atoms with Crippen molar-refractivity contribution in [3.8, 4) is 0 Å². The molecule has 0 radical (unpaired) electrons. The quantitative estimate of drug-likeness (QED) is 0.668. The first kappa shape index (κ1) is 17.6. The molecular formula is C18H29N3O2. The summed E-state index contributed by atoms with van der Waals surface area (Å²) < 4.78 is 0. The van der Waals surface area contributed by atoms with E-state index >= 15 is 0 Å². The fourth-order valence-corrected chi connectivity index (χ4v) is 3.03. The van der Waals surface area contributed by atoms with Gasteiger partial charge in [0.15, 0.2) is 0 Å². The topological polar surface area (TPSA) is 56.7 Å². The molecule has 0 spiro atoms. The van der Waals surface area contributed by atoms with E-state index in [2.05, 4.69) is 33.8 Å². The molecule has 5 nitrogen and oxygen atoms in total. The molecule has 1 aliphatic heterocycles. The van der Waals surface area contributed by atoms with E-state index in [1.165, 1.54) is 32.1 Å². The number of aliphatic carboxylic acids is 1. The number of rotatable bonds is 10. The first-order valence-electron chi connectivity index (χ1n) is 8.88. The third-order valence-corrected chi connectivity index (χ3v) is 4.40. The zero-order valence-electron chi connectivity index (χ0n) is 14.2. The highest BCUT2D eigenvalue weighted by Gasteiger charge is 2.14. The monoisotopic (exact) mass is 319 g/mol. The first-order valence-corrected chi connectivity index (χ1v) is 8.88. The Morgan fingerprint density at radius 3 is 2.61 bits per heavy atom. The Balaban J connectivity index is 1.96. The summed E-state index contributed by atoms with van der Waals surface area (Å²) in [5.74, 6) is 0.292. The third kappa shape index (κ3) is 5.73. The molecule has 1 fully saturated rings. The lowest BCUT2D eigenvalue weighted by Crippen LogP contribution is -2.27. The predicted molar refractivity (Wildman–Crippen MR) is 94.3 cm³/mol. The Morgan fingerprint density at radius 2 is 2.00 bits per heavy atom. The number of carboxylic acid groups (broad SMARTS) is 1. The molecule has 0 unspecified atom stereocenters. The summed E-state index contributed by atoms with van der Waals surface area (Å²) in [6.07, 6.45) is 9.29. The number of nitrogens with zero attached hydrogens (tertiary/aromatic N) is 3. The van der Waals surface area contributed by atoms with Crippen molar-refractivity contribution in [3.05, 3.63) is 18.3 Å². The minimum atomic E-state index is -0.745. The normalized spacial score (nSPS) is 14.2. The zero-order chi connectivity index (χ0) is 16.5. The van der Waals surface area contributed by atoms with Gasteiger partial charge in [-0.25, -0.2) is 4.98 Å². The van der Waals surface area contributed by atoms with Gasteiger partial charge in [-0.3, -0.25) is 4.79 Å². The van der Waals surface area contributed by atoms with Crippen LogP contribution in [0.4, 0.5) is 11.5 Å². The maximum absolute atomic E-state index is 10.9. The van der Waals surface area contributed by atoms with Crippen LogP contribution in [-0.4, -0.2) is 42.2 Å². The Kier molecular flexibility index (Phi) is 7.17. The van der Waals surface area contributed by atoms with E-state index in [-0.39, 0.29) is 6.42 Å². The van der Waals surface area contributed by atoms with Crippen molar-refractivity contribution in [2.75, 3.05) is 36.0 Å². The number of hydrogen-bond acceptors (Lipinski definition) is 4. The second-order valence-corrected chi connectivity index (χ2v) is 6.26. The number of pyridine rings is 1. The van der Waals surface area contributed by atoms with E-state index in [4.69, 9.17) is 5.11 Å². The Hall–Kier alpha value is -1.78. The molecule has 0 atom stereocenters. The highest BCUT2D eigenvalue weighted by atomic mass is 16.4. The first-order chi connectivity index (χ1) is 11.2. The van der Waals surface area contributed by atoms with Gasteiger partial charge in [-0.1, -0.05) is 26.2 Å². The number of carboxylic acids is 1. The van der Waals surface area contributed by atoms with Crippen molar-refractivity contribution in [2.24, 2.45) is 0 Å². The van der Waals surface area contributed by atoms with Crippen molar-refractivity contribution in [1.29, 1.82) is 0 Å². The van der Waals surface area contributed by atoms with E-state index in [1.54, 1.807) is 0 Å². The molecule has 5 heteroatoms. The second-order valence-electron chi connectivity index (χ2n) is 6.26. The zero-order valence-corrected chi connectivity index (χ0v) is 14.2. The van der Waals surface area contributed by atoms with Crippen LogP contribution in [0.25, 0.3) is 0 Å². The van der Waals surface area contributed by atoms with Gasteiger partial charge < -0.3 is 14.9 Å². The number of hydrogen-bond donors (Lipinski definition) is 1. The van der Waals surface area contributed by atoms with Crippen LogP contribution < -0.4 is 9.80 Å². The van der Waals surface area contributed by atoms with Gasteiger partial charge in [0.2, 0.25) is 0 Å². The van der Waals surface area contributed by atoms with Crippen molar-refractivity contribution in [1.82, 2.24) is 4.98 Å². The maximum Gasteiger partial charge on any atom is 0.305 e. The molecule has 1 saturated heterocycles. The Morgan fingerprint density at radius 1 is 1.22 bits per heavy atom. The van der Waals surface area contributed by atoms with E-state index in [0.717, 1.165) is 37.6 Å². The van der Waals surface area contributed by atoms with Gasteiger partial charge in [0.1, 0.15) is 5.82 Å². The van der Waals surface area contributed by atoms with Crippen LogP contribution in [0.2, 0.25) is 0 Å². The van der Waals surface area contributed by atoms with E-state index < -0.39 is 5.97 Å². The highest BCUT2D eigenvalue weighted by molar-refractivity contribution is 5.67. The summed E-state index contributed by atoms with van der Waals surface area (Å²) in [7, 11) is 0. The molecule has 1 aliphatic rings. The van der Waals surface area contributed by atoms with E-state index in [0.29, 0.717) is 6.54 Å². The minimum Gasteiger partial charge on any atom is -0.481 e. The summed E-state index contributed by atoms with van der Waals surface area (Å²) in [6.45, 7) is 5.83. The Bertz CT molecular complexity index is 470. The van der Waals surface area contributed by atoms with Crippen LogP contribution in [0.15, 0.2) is 18.3 Å². The minimum absolute atomic E-state index is 0.168. The summed E-state index contributed by atoms with van der Waals surface area (Å²) >= 11 is 0. The van der Waals surface area contributed by atoms with Gasteiger partial charge in [0.25, 0.3) is 0 Å². The molecule has 1 N–H and O–H groups in total. The lowest BCUT2D eigenvalue weighted by molar-refractivity contribution is -0.136. The molecule has 2 rings (SSSR count). The van der Waals surface area contributed by atoms with Crippen LogP contribution in [0.1, 0.15) is 51.9 Å². The van der Waals surface area contributed by atoms with Gasteiger partial charge in [0.05, 0.1) is 18.3 Å². The van der Waals surface area contributed by atoms with Crippen molar-refractivity contribution >= 4 is 17.5 Å². The van der Waals surface area contributed by atoms with Crippen molar-refractivity contribution in [3.63, 3.8) is 0 Å². The van der Waals surface area contributed by atoms with Crippen LogP contribution >= 0.6 is 0 Å². The number of anilines is 2. The number of unbranched alkanes of at least 4 members (excludes halogenated alkanes) is 3. The van der Waals surface area contributed by atoms with Gasteiger partial charge in [-0.05, 0) is 31.4 Å². The van der Waals surface area contributed by atoms with E-state index in [9.17, 15) is 4.79 Å². The number of aromatic nitrogens is 1. The maximum atomic E-state index is 10.9. The lowest BCUT2D eigenvalue weighted by atomic mass is 10.2. The van der Waals surface area contributed by atoms with Gasteiger partial charge in [-0.15, -0.1) is 0 Å². The average molecular weight is 319 g/mol. The van der Waals surface area contributed by atoms with Crippen molar-refractivity contribution in [2.45, 2.75) is 51.9 Å². The molecule has 0 saturated carbocycles. The molecule has 128 valence electrons. The van der Waals surface area contributed by atoms with Crippen LogP contribution in [-0.2, 0) is 4.79 Å². The van der Waals surface area contributed by atoms with Crippen molar-refractivity contribution < 1.29 is 9.90 Å². The fraction of sp³-hybridized carbons (Fsp3) is 0.667. The molecule has 23 heavy (non-hydrogen) atoms. The van der Waals surface area contributed by atoms with Crippen LogP contribution in [0.3, 0.4) is 0 Å². The summed E-state index contributed by atoms with van der Waals surface area (Å²) in [5, 5.41) is 8.96. The van der Waals surface area contributed by atoms with Crippen LogP contribution in [0, 0.1) is 0 Å². The largest absolute Gasteiger partial charge is 0.481 e. The molecular weight excluding hydrogens is 290 g/mol. The SMILES string of the molecule is CCCCCCN(CCC(=O)O)c1ccc(N2CCCC2)nc1. The molecule has 2 heterocycles. The molecule has 1 aromatic rings. The standard InChI is InChI=1S/C18H29N3O2/c1-2-3-4-5-11-20(14-10-18(22)23)16-8-9-17(19-15-16)21-12-6-7-13-21/h8-9,15H,2-7,10-14H2,1H3,(H,22,23). The molecule has 0 amide bonds. The third-order valence-electron chi connectivity index (χ3n) is 4.40. The summed E-state index contributed by atoms with van der Waals surface area (Å²) in [5.41, 5.74) is 1.03. The lowest BCUT2D eigenvalue weighted by Gasteiger charge is -2.25. The molecule has 0 bridgehead atoms. The smallest absolute Gasteiger partial charge is 0.305 e. The summed E-state index contributed by atoms with van der Waals surface area (Å²) in [4.78, 5) is 19.9. The highest BCUT2D eigenvalue weighted by Crippen LogP contribution is 2.21. The predicted octanol–water partition coefficient (Wildman–Crippen LogP) is 3.54. The molecule has 1 aromatic heterocycles. The van der Waals surface area contributed by atoms with Gasteiger partial charge in [-0.2, -0.15) is 0 Å². The van der Waals surface area contributed by atoms with E-state index in [1.807, 2.05) is 6.20 Å². The number of carbonyl (C=O) groups is 1. The van der Waals surface area contributed by atoms with Gasteiger partial charge in [0, 0.05) is 26.2 Å². The second kappa shape index (κ2) is 9.38. The molecule has 0 aromatic carbocycles. The van der Waals surface area contributed by atoms with Gasteiger partial charge >= 0.3 is 5.97 Å². The fourth-order valence-electron chi connectivity index (χ4n) is 3.03. The van der Waals surface area contributed by atoms with Crippen LogP contribution in [0.5, 0.6) is 0 Å². The Labute approximate surface area is 139 Å². The summed E-state index contributed by atoms with van der Waals surface area (Å²) in [6, 6.07) is 4.16. The molecule has 0 aliphatic carbocycles. The average Bonchev–Trinajstić information content (AvgIpc) is 3.09.